The van der Waals surface area contributed by atoms with Gasteiger partial charge in [0.2, 0.25) is 0 Å². The number of para-hydroxylation sites is 3. The number of aromatic nitrogens is 2. The van der Waals surface area contributed by atoms with Crippen molar-refractivity contribution < 1.29 is 4.74 Å². The molecule has 0 saturated heterocycles. The van der Waals surface area contributed by atoms with Crippen LogP contribution in [0.5, 0.6) is 5.75 Å². The van der Waals surface area contributed by atoms with Gasteiger partial charge < -0.3 is 19.9 Å². The third kappa shape index (κ3) is 5.00. The van der Waals surface area contributed by atoms with Crippen LogP contribution in [0, 0.1) is 0 Å². The molecule has 3 rings (SSSR count). The summed E-state index contributed by atoms with van der Waals surface area (Å²) < 4.78 is 7.58. The number of hydrogen-bond acceptors (Lipinski definition) is 3. The normalized spacial score (nSPS) is 11.6. The molecule has 0 saturated carbocycles. The second-order valence-corrected chi connectivity index (χ2v) is 6.21. The Morgan fingerprint density at radius 1 is 1.11 bits per heavy atom. The monoisotopic (exact) mass is 365 g/mol. The molecule has 1 aromatic heterocycles. The number of nitrogens with zero attached hydrogens (tertiary/aromatic N) is 3. The van der Waals surface area contributed by atoms with Gasteiger partial charge in [-0.15, -0.1) is 0 Å². The molecule has 2 aromatic carbocycles. The fraction of sp³-hybridized carbons (Fsp3) is 0.333. The molecule has 0 aliphatic rings. The zero-order valence-electron chi connectivity index (χ0n) is 16.0. The van der Waals surface area contributed by atoms with E-state index >= 15 is 0 Å². The Hall–Kier alpha value is -3.02. The van der Waals surface area contributed by atoms with Crippen LogP contribution in [-0.2, 0) is 13.1 Å². The van der Waals surface area contributed by atoms with E-state index in [1.165, 1.54) is 5.52 Å². The molecule has 6 nitrogen and oxygen atoms in total. The number of rotatable bonds is 8. The molecule has 0 amide bonds. The number of benzene rings is 2. The van der Waals surface area contributed by atoms with E-state index in [9.17, 15) is 0 Å². The molecule has 0 aliphatic heterocycles. The second kappa shape index (κ2) is 9.62. The molecule has 1 heterocycles. The van der Waals surface area contributed by atoms with E-state index < -0.39 is 0 Å². The third-order valence-corrected chi connectivity index (χ3v) is 4.34. The summed E-state index contributed by atoms with van der Waals surface area (Å²) in [5.41, 5.74) is 3.29. The average molecular weight is 365 g/mol. The van der Waals surface area contributed by atoms with Gasteiger partial charge in [0.25, 0.3) is 0 Å². The van der Waals surface area contributed by atoms with Crippen molar-refractivity contribution in [3.63, 3.8) is 0 Å². The number of fused-ring (bicyclic) bond motifs is 1. The van der Waals surface area contributed by atoms with E-state index in [0.29, 0.717) is 6.54 Å². The number of imidazole rings is 1. The van der Waals surface area contributed by atoms with Gasteiger partial charge in [0.1, 0.15) is 5.75 Å². The van der Waals surface area contributed by atoms with Crippen LogP contribution in [0.1, 0.15) is 18.9 Å². The fourth-order valence-electron chi connectivity index (χ4n) is 2.98. The standard InChI is InChI=1S/C21H27N5O/c1-3-22-21(24-15-17-9-4-7-12-20(17)27-2)23-13-8-14-26-16-25-18-10-5-6-11-19(18)26/h4-7,9-12,16H,3,8,13-15H2,1-2H3,(H2,22,23,24). The number of aryl methyl sites for hydroxylation is 1. The number of methoxy groups -OCH3 is 1. The number of nitrogens with one attached hydrogen (secondary N) is 2. The molecule has 27 heavy (non-hydrogen) atoms. The highest BCUT2D eigenvalue weighted by Gasteiger charge is 2.03. The van der Waals surface area contributed by atoms with Crippen LogP contribution >= 0.6 is 0 Å². The lowest BCUT2D eigenvalue weighted by Gasteiger charge is -2.12. The molecule has 2 N–H and O–H groups in total. The fourth-order valence-corrected chi connectivity index (χ4v) is 2.98. The molecule has 142 valence electrons. The van der Waals surface area contributed by atoms with Crippen molar-refractivity contribution in [3.8, 4) is 5.75 Å². The van der Waals surface area contributed by atoms with Gasteiger partial charge in [0.15, 0.2) is 5.96 Å². The number of aliphatic imine (C=N–C) groups is 1. The maximum absolute atomic E-state index is 5.39. The Kier molecular flexibility index (Phi) is 6.68. The van der Waals surface area contributed by atoms with Crippen molar-refractivity contribution in [2.45, 2.75) is 26.4 Å². The summed E-state index contributed by atoms with van der Waals surface area (Å²) in [6.45, 7) is 5.22. The van der Waals surface area contributed by atoms with Crippen molar-refractivity contribution in [2.75, 3.05) is 20.2 Å². The van der Waals surface area contributed by atoms with E-state index in [1.54, 1.807) is 7.11 Å². The molecule has 0 bridgehead atoms. The van der Waals surface area contributed by atoms with Gasteiger partial charge in [-0.05, 0) is 31.5 Å². The van der Waals surface area contributed by atoms with Crippen LogP contribution in [0.25, 0.3) is 11.0 Å². The quantitative estimate of drug-likeness (QED) is 0.366. The molecular weight excluding hydrogens is 338 g/mol. The van der Waals surface area contributed by atoms with Crippen molar-refractivity contribution in [3.05, 3.63) is 60.4 Å². The summed E-state index contributed by atoms with van der Waals surface area (Å²) in [7, 11) is 1.69. The molecule has 3 aromatic rings. The van der Waals surface area contributed by atoms with Crippen LogP contribution in [0.4, 0.5) is 0 Å². The molecule has 6 heteroatoms. The van der Waals surface area contributed by atoms with Gasteiger partial charge >= 0.3 is 0 Å². The molecule has 0 radical (unpaired) electrons. The maximum atomic E-state index is 5.39. The molecule has 0 fully saturated rings. The summed E-state index contributed by atoms with van der Waals surface area (Å²) >= 11 is 0. The van der Waals surface area contributed by atoms with E-state index in [-0.39, 0.29) is 0 Å². The molecule has 0 unspecified atom stereocenters. The van der Waals surface area contributed by atoms with Crippen LogP contribution in [0.15, 0.2) is 59.9 Å². The zero-order valence-corrected chi connectivity index (χ0v) is 16.0. The van der Waals surface area contributed by atoms with E-state index in [4.69, 9.17) is 4.74 Å². The first-order valence-electron chi connectivity index (χ1n) is 9.35. The maximum Gasteiger partial charge on any atom is 0.191 e. The SMILES string of the molecule is CCNC(=NCc1ccccc1OC)NCCCn1cnc2ccccc21. The highest BCUT2D eigenvalue weighted by atomic mass is 16.5. The van der Waals surface area contributed by atoms with E-state index in [1.807, 2.05) is 48.8 Å². The van der Waals surface area contributed by atoms with Crippen molar-refractivity contribution in [1.82, 2.24) is 20.2 Å². The van der Waals surface area contributed by atoms with Gasteiger partial charge in [-0.2, -0.15) is 0 Å². The lowest BCUT2D eigenvalue weighted by Crippen LogP contribution is -2.38. The predicted octanol–water partition coefficient (Wildman–Crippen LogP) is 3.19. The molecule has 0 atom stereocenters. The largest absolute Gasteiger partial charge is 0.496 e. The first-order valence-corrected chi connectivity index (χ1v) is 9.35. The summed E-state index contributed by atoms with van der Waals surface area (Å²) in [5.74, 6) is 1.68. The minimum atomic E-state index is 0.575. The van der Waals surface area contributed by atoms with Crippen LogP contribution in [0.2, 0.25) is 0 Å². The first kappa shape index (κ1) is 18.8. The van der Waals surface area contributed by atoms with Gasteiger partial charge in [-0.25, -0.2) is 9.98 Å². The lowest BCUT2D eigenvalue weighted by atomic mass is 10.2. The highest BCUT2D eigenvalue weighted by molar-refractivity contribution is 5.79. The van der Waals surface area contributed by atoms with Crippen molar-refractivity contribution in [1.29, 1.82) is 0 Å². The lowest BCUT2D eigenvalue weighted by molar-refractivity contribution is 0.410. The Morgan fingerprint density at radius 3 is 2.78 bits per heavy atom. The van der Waals surface area contributed by atoms with Gasteiger partial charge in [0.05, 0.1) is 31.0 Å². The Bertz CT molecular complexity index is 887. The predicted molar refractivity (Wildman–Crippen MR) is 110 cm³/mol. The highest BCUT2D eigenvalue weighted by Crippen LogP contribution is 2.17. The Morgan fingerprint density at radius 2 is 1.93 bits per heavy atom. The summed E-state index contributed by atoms with van der Waals surface area (Å²) in [4.78, 5) is 9.11. The van der Waals surface area contributed by atoms with Gasteiger partial charge in [-0.3, -0.25) is 0 Å². The minimum Gasteiger partial charge on any atom is -0.496 e. The summed E-state index contributed by atoms with van der Waals surface area (Å²) in [6, 6.07) is 16.2. The number of ether oxygens (including phenoxy) is 1. The summed E-state index contributed by atoms with van der Waals surface area (Å²) in [5, 5.41) is 6.70. The van der Waals surface area contributed by atoms with Crippen LogP contribution in [-0.4, -0.2) is 35.7 Å². The molecule has 0 spiro atoms. The smallest absolute Gasteiger partial charge is 0.191 e. The van der Waals surface area contributed by atoms with E-state index in [2.05, 4.69) is 38.2 Å². The van der Waals surface area contributed by atoms with Crippen molar-refractivity contribution in [2.24, 2.45) is 4.99 Å². The second-order valence-electron chi connectivity index (χ2n) is 6.21. The third-order valence-electron chi connectivity index (χ3n) is 4.34. The number of guanidine groups is 1. The van der Waals surface area contributed by atoms with Gasteiger partial charge in [0, 0.05) is 25.2 Å². The Labute approximate surface area is 160 Å². The number of hydrogen-bond donors (Lipinski definition) is 2. The van der Waals surface area contributed by atoms with Crippen LogP contribution in [0.3, 0.4) is 0 Å². The van der Waals surface area contributed by atoms with Gasteiger partial charge in [-0.1, -0.05) is 30.3 Å². The van der Waals surface area contributed by atoms with Crippen molar-refractivity contribution >= 4 is 17.0 Å². The topological polar surface area (TPSA) is 63.5 Å². The van der Waals surface area contributed by atoms with E-state index in [0.717, 1.165) is 48.8 Å². The average Bonchev–Trinajstić information content (AvgIpc) is 3.12. The Balaban J connectivity index is 1.53. The van der Waals surface area contributed by atoms with Crippen LogP contribution < -0.4 is 15.4 Å². The zero-order chi connectivity index (χ0) is 18.9. The minimum absolute atomic E-state index is 0.575. The molecular formula is C21H27N5O. The first-order chi connectivity index (χ1) is 13.3. The molecule has 0 aliphatic carbocycles. The summed E-state index contributed by atoms with van der Waals surface area (Å²) in [6.07, 6.45) is 2.89.